The highest BCUT2D eigenvalue weighted by atomic mass is 16.5. The fourth-order valence-electron chi connectivity index (χ4n) is 6.65. The van der Waals surface area contributed by atoms with Gasteiger partial charge in [-0.15, -0.1) is 0 Å². The molecule has 1 aromatic carbocycles. The molecule has 3 heterocycles. The Morgan fingerprint density at radius 3 is 2.59 bits per heavy atom. The van der Waals surface area contributed by atoms with Crippen molar-refractivity contribution in [1.82, 2.24) is 0 Å². The number of anilines is 1. The first-order valence-electron chi connectivity index (χ1n) is 13.7. The fourth-order valence-corrected chi connectivity index (χ4v) is 6.65. The zero-order chi connectivity index (χ0) is 26.6. The van der Waals surface area contributed by atoms with Gasteiger partial charge in [0.05, 0.1) is 12.6 Å². The van der Waals surface area contributed by atoms with Crippen LogP contribution in [0.15, 0.2) is 53.1 Å². The topological polar surface area (TPSA) is 40.6 Å². The fraction of sp³-hybridized carbons (Fsp3) is 0.515. The third-order valence-corrected chi connectivity index (χ3v) is 9.12. The van der Waals surface area contributed by atoms with Crippen molar-refractivity contribution >= 4 is 11.8 Å². The number of fused-ring (bicyclic) bond motifs is 2. The van der Waals surface area contributed by atoms with Crippen LogP contribution in [0, 0.1) is 29.2 Å². The van der Waals surface area contributed by atoms with Crippen molar-refractivity contribution in [1.29, 1.82) is 5.26 Å². The van der Waals surface area contributed by atoms with E-state index in [-0.39, 0.29) is 21.9 Å². The van der Waals surface area contributed by atoms with Gasteiger partial charge in [-0.05, 0) is 88.6 Å². The lowest BCUT2D eigenvalue weighted by atomic mass is 9.59. The van der Waals surface area contributed by atoms with Crippen molar-refractivity contribution in [3.05, 3.63) is 81.3 Å². The monoisotopic (exact) mass is 493 g/mol. The van der Waals surface area contributed by atoms with Gasteiger partial charge in [0.2, 0.25) is 0 Å². The number of hydrogen-bond acceptors (Lipinski definition) is 3. The van der Waals surface area contributed by atoms with Crippen LogP contribution >= 0.6 is 0 Å². The molecule has 2 atom stereocenters. The van der Waals surface area contributed by atoms with Gasteiger partial charge < -0.3 is 9.64 Å². The van der Waals surface area contributed by atoms with E-state index in [1.807, 2.05) is 24.3 Å². The minimum absolute atomic E-state index is 0.0901. The van der Waals surface area contributed by atoms with E-state index in [0.29, 0.717) is 11.3 Å². The minimum Gasteiger partial charge on any atom is -0.461 e. The number of rotatable bonds is 2. The smallest absolute Gasteiger partial charge is 0.269 e. The Morgan fingerprint density at radius 1 is 1.14 bits per heavy atom. The van der Waals surface area contributed by atoms with Crippen molar-refractivity contribution in [3.63, 3.8) is 0 Å². The predicted octanol–water partition coefficient (Wildman–Crippen LogP) is 8.19. The highest BCUT2D eigenvalue weighted by Crippen LogP contribution is 2.55. The summed E-state index contributed by atoms with van der Waals surface area (Å²) < 4.78 is 6.27. The molecule has 0 N–H and O–H groups in total. The van der Waals surface area contributed by atoms with E-state index >= 15 is 0 Å². The third-order valence-electron chi connectivity index (χ3n) is 9.12. The van der Waals surface area contributed by atoms with Crippen molar-refractivity contribution in [2.24, 2.45) is 11.3 Å². The summed E-state index contributed by atoms with van der Waals surface area (Å²) in [4.78, 5) is 6.12. The molecular formula is C33H39N3O. The molecule has 0 saturated heterocycles. The van der Waals surface area contributed by atoms with E-state index in [2.05, 4.69) is 69.5 Å². The minimum atomic E-state index is -0.241. The quantitative estimate of drug-likeness (QED) is 0.308. The first-order chi connectivity index (χ1) is 17.5. The maximum absolute atomic E-state index is 9.48. The van der Waals surface area contributed by atoms with E-state index < -0.39 is 0 Å². The van der Waals surface area contributed by atoms with Crippen LogP contribution < -0.4 is 4.90 Å². The largest absolute Gasteiger partial charge is 0.461 e. The summed E-state index contributed by atoms with van der Waals surface area (Å²) in [5, 5.41) is 9.48. The molecule has 4 nitrogen and oxygen atoms in total. The molecule has 0 radical (unpaired) electrons. The predicted molar refractivity (Wildman–Crippen MR) is 151 cm³/mol. The maximum Gasteiger partial charge on any atom is 0.269 e. The van der Waals surface area contributed by atoms with Gasteiger partial charge >= 0.3 is 0 Å². The van der Waals surface area contributed by atoms with E-state index in [1.165, 1.54) is 61.0 Å². The Hall–Kier alpha value is -3.24. The molecule has 4 heteroatoms. The van der Waals surface area contributed by atoms with Crippen LogP contribution in [0.5, 0.6) is 0 Å². The van der Waals surface area contributed by atoms with Gasteiger partial charge in [0.15, 0.2) is 0 Å². The van der Waals surface area contributed by atoms with Gasteiger partial charge in [0.25, 0.3) is 5.70 Å². The maximum atomic E-state index is 9.48. The zero-order valence-electron chi connectivity index (χ0n) is 23.2. The lowest BCUT2D eigenvalue weighted by Gasteiger charge is -2.54. The van der Waals surface area contributed by atoms with E-state index in [1.54, 1.807) is 0 Å². The van der Waals surface area contributed by atoms with Crippen LogP contribution in [0.25, 0.3) is 10.9 Å². The van der Waals surface area contributed by atoms with Crippen LogP contribution in [0.4, 0.5) is 5.69 Å². The summed E-state index contributed by atoms with van der Waals surface area (Å²) in [7, 11) is 0. The van der Waals surface area contributed by atoms with Crippen LogP contribution in [0.1, 0.15) is 90.3 Å². The molecule has 37 heavy (non-hydrogen) atoms. The molecule has 2 unspecified atom stereocenters. The molecule has 1 saturated carbocycles. The molecule has 5 rings (SSSR count). The molecule has 0 aromatic heterocycles. The van der Waals surface area contributed by atoms with Crippen molar-refractivity contribution in [2.45, 2.75) is 84.5 Å². The molecule has 1 fully saturated rings. The van der Waals surface area contributed by atoms with Gasteiger partial charge in [-0.3, -0.25) is 0 Å². The first-order valence-corrected chi connectivity index (χ1v) is 13.7. The van der Waals surface area contributed by atoms with Crippen LogP contribution in [-0.2, 0) is 15.6 Å². The molecule has 0 amide bonds. The highest BCUT2D eigenvalue weighted by Gasteiger charge is 2.47. The number of benzene rings is 1. The van der Waals surface area contributed by atoms with Gasteiger partial charge in [-0.1, -0.05) is 60.5 Å². The Bertz CT molecular complexity index is 1320. The lowest BCUT2D eigenvalue weighted by Crippen LogP contribution is -2.51. The Balaban J connectivity index is 1.59. The second-order valence-corrected chi connectivity index (χ2v) is 13.2. The summed E-state index contributed by atoms with van der Waals surface area (Å²) in [5.41, 5.74) is 6.53. The van der Waals surface area contributed by atoms with Crippen molar-refractivity contribution in [2.75, 3.05) is 18.0 Å². The molecule has 1 aromatic rings. The average Bonchev–Trinajstić information content (AvgIpc) is 2.85. The summed E-state index contributed by atoms with van der Waals surface area (Å²) in [6.45, 7) is 23.3. The summed E-state index contributed by atoms with van der Waals surface area (Å²) in [6.07, 6.45) is 14.2. The van der Waals surface area contributed by atoms with Crippen molar-refractivity contribution in [3.8, 4) is 6.07 Å². The normalized spacial score (nSPS) is 27.7. The van der Waals surface area contributed by atoms with Crippen molar-refractivity contribution < 1.29 is 4.74 Å². The van der Waals surface area contributed by atoms with Crippen LogP contribution in [0.2, 0.25) is 0 Å². The van der Waals surface area contributed by atoms with Gasteiger partial charge in [0.1, 0.15) is 11.5 Å². The average molecular weight is 494 g/mol. The Morgan fingerprint density at radius 2 is 1.89 bits per heavy atom. The summed E-state index contributed by atoms with van der Waals surface area (Å²) in [6, 6.07) is 6.85. The highest BCUT2D eigenvalue weighted by molar-refractivity contribution is 5.72. The molecule has 3 aliphatic heterocycles. The third kappa shape index (κ3) is 4.42. The van der Waals surface area contributed by atoms with E-state index in [4.69, 9.17) is 11.3 Å². The number of nitrogens with zero attached hydrogens (tertiary/aromatic N) is 3. The summed E-state index contributed by atoms with van der Waals surface area (Å²) in [5.74, 6) is 2.14. The summed E-state index contributed by atoms with van der Waals surface area (Å²) >= 11 is 0. The van der Waals surface area contributed by atoms with Gasteiger partial charge in [-0.25, -0.2) is 10.1 Å². The molecule has 0 spiro atoms. The van der Waals surface area contributed by atoms with Gasteiger partial charge in [-0.2, -0.15) is 0 Å². The standard InChI is InChI=1S/C33H39N3O/c1-31(2,3)29-19-23(28(20-34)35-7)18-25(37-29)12-11-22-16-26-30-27(17-22)33(6)13-9-8-10-24(33)21-36(30)15-14-32(26,4)5/h11-12,16-19,24H,8-10,13-15,21H2,1-6H3. The number of ether oxygens (including phenoxy) is 1. The molecule has 0 bridgehead atoms. The Labute approximate surface area is 222 Å². The lowest BCUT2D eigenvalue weighted by molar-refractivity contribution is 0.192. The van der Waals surface area contributed by atoms with Gasteiger partial charge in [0, 0.05) is 24.2 Å². The zero-order valence-corrected chi connectivity index (χ0v) is 23.2. The second kappa shape index (κ2) is 8.95. The number of hydrogen-bond donors (Lipinski definition) is 0. The molecule has 192 valence electrons. The van der Waals surface area contributed by atoms with E-state index in [9.17, 15) is 5.26 Å². The van der Waals surface area contributed by atoms with Crippen LogP contribution in [0.3, 0.4) is 0 Å². The Kier molecular flexibility index (Phi) is 6.15. The molecular weight excluding hydrogens is 454 g/mol. The number of nitriles is 1. The van der Waals surface area contributed by atoms with E-state index in [0.717, 1.165) is 18.2 Å². The van der Waals surface area contributed by atoms with Crippen LogP contribution in [-0.4, -0.2) is 13.1 Å². The second-order valence-electron chi connectivity index (χ2n) is 13.2. The number of allylic oxidation sites excluding steroid dienone is 6. The SMILES string of the molecule is [C-]#[N+]C(C#N)=C1C=C(C=Cc2cc3c4c(c2)C2(C)CCCCC2CN4CCC3(C)C)OC(C(C)(C)C)=C1. The first kappa shape index (κ1) is 25.4. The molecule has 1 aliphatic carbocycles. The molecule has 4 aliphatic rings.